The molecule has 2 aromatic carbocycles. The highest BCUT2D eigenvalue weighted by Crippen LogP contribution is 2.36. The molecule has 2 rings (SSSR count). The number of hydrogen-bond acceptors (Lipinski definition) is 3. The molecule has 0 saturated heterocycles. The number of benzene rings is 2. The van der Waals surface area contributed by atoms with Gasteiger partial charge in [0.15, 0.2) is 0 Å². The molecule has 0 aliphatic carbocycles. The first-order chi connectivity index (χ1) is 11.1. The van der Waals surface area contributed by atoms with Crippen LogP contribution in [0.4, 0.5) is 0 Å². The molecule has 0 aliphatic rings. The monoisotopic (exact) mass is 345 g/mol. The predicted octanol–water partition coefficient (Wildman–Crippen LogP) is 5.57. The lowest BCUT2D eigenvalue weighted by Crippen LogP contribution is -2.15. The maximum atomic E-state index is 2.30. The van der Waals surface area contributed by atoms with E-state index in [0.717, 1.165) is 12.3 Å². The standard InChI is InChI=1S/C20H27NS2/c1-16(2)23-19-12-10-18(11-13-19)20(22-15-14-21(3)4)17-8-6-5-7-9-17/h5-13,16,20H,14-15H2,1-4H3. The summed E-state index contributed by atoms with van der Waals surface area (Å²) >= 11 is 3.95. The summed E-state index contributed by atoms with van der Waals surface area (Å²) in [7, 11) is 4.27. The molecule has 0 heterocycles. The topological polar surface area (TPSA) is 3.24 Å². The Kier molecular flexibility index (Phi) is 7.54. The van der Waals surface area contributed by atoms with Gasteiger partial charge in [0.05, 0.1) is 5.25 Å². The Morgan fingerprint density at radius 1 is 0.870 bits per heavy atom. The van der Waals surface area contributed by atoms with Crippen LogP contribution in [0.3, 0.4) is 0 Å². The van der Waals surface area contributed by atoms with Crippen molar-refractivity contribution in [3.05, 3.63) is 65.7 Å². The first-order valence-electron chi connectivity index (χ1n) is 8.14. The average Bonchev–Trinajstić information content (AvgIpc) is 2.53. The van der Waals surface area contributed by atoms with E-state index < -0.39 is 0 Å². The largest absolute Gasteiger partial charge is 0.309 e. The lowest BCUT2D eigenvalue weighted by Gasteiger charge is -2.19. The smallest absolute Gasteiger partial charge is 0.0547 e. The van der Waals surface area contributed by atoms with Crippen molar-refractivity contribution in [3.8, 4) is 0 Å². The molecule has 1 atom stereocenters. The van der Waals surface area contributed by atoms with Crippen molar-refractivity contribution in [2.75, 3.05) is 26.4 Å². The van der Waals surface area contributed by atoms with Crippen molar-refractivity contribution in [2.24, 2.45) is 0 Å². The van der Waals surface area contributed by atoms with Crippen molar-refractivity contribution < 1.29 is 0 Å². The van der Waals surface area contributed by atoms with E-state index in [0.29, 0.717) is 10.5 Å². The van der Waals surface area contributed by atoms with Crippen LogP contribution in [-0.4, -0.2) is 36.5 Å². The molecule has 0 radical (unpaired) electrons. The van der Waals surface area contributed by atoms with E-state index in [2.05, 4.69) is 87.4 Å². The highest BCUT2D eigenvalue weighted by molar-refractivity contribution is 8.00. The van der Waals surface area contributed by atoms with Gasteiger partial charge in [-0.25, -0.2) is 0 Å². The normalized spacial score (nSPS) is 12.8. The van der Waals surface area contributed by atoms with Gasteiger partial charge < -0.3 is 4.90 Å². The molecule has 0 bridgehead atoms. The Balaban J connectivity index is 2.15. The lowest BCUT2D eigenvalue weighted by molar-refractivity contribution is 0.437. The molecule has 0 aromatic heterocycles. The Morgan fingerprint density at radius 2 is 1.48 bits per heavy atom. The van der Waals surface area contributed by atoms with Gasteiger partial charge in [0, 0.05) is 22.4 Å². The summed E-state index contributed by atoms with van der Waals surface area (Å²) in [4.78, 5) is 3.60. The predicted molar refractivity (Wildman–Crippen MR) is 107 cm³/mol. The lowest BCUT2D eigenvalue weighted by atomic mass is 10.0. The minimum absolute atomic E-state index is 0.411. The van der Waals surface area contributed by atoms with Crippen LogP contribution in [0.1, 0.15) is 30.2 Å². The molecule has 0 fully saturated rings. The van der Waals surface area contributed by atoms with Gasteiger partial charge in [-0.05, 0) is 37.4 Å². The fourth-order valence-electron chi connectivity index (χ4n) is 2.36. The van der Waals surface area contributed by atoms with Gasteiger partial charge in [-0.3, -0.25) is 0 Å². The maximum Gasteiger partial charge on any atom is 0.0547 e. The van der Waals surface area contributed by atoms with Gasteiger partial charge in [0.2, 0.25) is 0 Å². The fraction of sp³-hybridized carbons (Fsp3) is 0.400. The van der Waals surface area contributed by atoms with Crippen molar-refractivity contribution >= 4 is 23.5 Å². The van der Waals surface area contributed by atoms with Crippen LogP contribution in [0.5, 0.6) is 0 Å². The second kappa shape index (κ2) is 9.41. The Bertz CT molecular complexity index is 564. The Hall–Kier alpha value is -0.900. The average molecular weight is 346 g/mol. The first kappa shape index (κ1) is 18.4. The number of thioether (sulfide) groups is 2. The third-order valence-corrected chi connectivity index (χ3v) is 5.79. The highest BCUT2D eigenvalue weighted by Gasteiger charge is 2.14. The molecule has 0 saturated carbocycles. The summed E-state index contributed by atoms with van der Waals surface area (Å²) in [5, 5.41) is 1.04. The molecule has 0 aliphatic heterocycles. The molecular weight excluding hydrogens is 318 g/mol. The molecular formula is C20H27NS2. The van der Waals surface area contributed by atoms with Crippen molar-refractivity contribution in [1.29, 1.82) is 0 Å². The number of nitrogens with zero attached hydrogens (tertiary/aromatic N) is 1. The van der Waals surface area contributed by atoms with Gasteiger partial charge in [0.1, 0.15) is 0 Å². The van der Waals surface area contributed by atoms with E-state index >= 15 is 0 Å². The van der Waals surface area contributed by atoms with E-state index in [-0.39, 0.29) is 0 Å². The summed E-state index contributed by atoms with van der Waals surface area (Å²) in [6.45, 7) is 5.58. The molecule has 23 heavy (non-hydrogen) atoms. The van der Waals surface area contributed by atoms with Crippen molar-refractivity contribution in [3.63, 3.8) is 0 Å². The third-order valence-electron chi connectivity index (χ3n) is 3.48. The zero-order valence-corrected chi connectivity index (χ0v) is 16.2. The van der Waals surface area contributed by atoms with Crippen LogP contribution in [0.2, 0.25) is 0 Å². The minimum atomic E-state index is 0.411. The second-order valence-electron chi connectivity index (χ2n) is 6.20. The second-order valence-corrected chi connectivity index (χ2v) is 9.06. The van der Waals surface area contributed by atoms with Crippen LogP contribution >= 0.6 is 23.5 Å². The van der Waals surface area contributed by atoms with E-state index in [9.17, 15) is 0 Å². The number of rotatable bonds is 8. The maximum absolute atomic E-state index is 2.30. The zero-order valence-electron chi connectivity index (χ0n) is 14.5. The van der Waals surface area contributed by atoms with Crippen LogP contribution in [0.15, 0.2) is 59.5 Å². The zero-order chi connectivity index (χ0) is 16.7. The molecule has 0 spiro atoms. The SMILES string of the molecule is CC(C)Sc1ccc(C(SCCN(C)C)c2ccccc2)cc1. The van der Waals surface area contributed by atoms with Gasteiger partial charge >= 0.3 is 0 Å². The molecule has 1 unspecified atom stereocenters. The van der Waals surface area contributed by atoms with E-state index in [1.807, 2.05) is 23.5 Å². The molecule has 2 aromatic rings. The van der Waals surface area contributed by atoms with Crippen LogP contribution < -0.4 is 0 Å². The van der Waals surface area contributed by atoms with Crippen LogP contribution in [0.25, 0.3) is 0 Å². The quantitative estimate of drug-likeness (QED) is 0.576. The molecule has 0 amide bonds. The van der Waals surface area contributed by atoms with Crippen LogP contribution in [0, 0.1) is 0 Å². The summed E-state index contributed by atoms with van der Waals surface area (Å²) in [6.07, 6.45) is 0. The van der Waals surface area contributed by atoms with E-state index in [4.69, 9.17) is 0 Å². The molecule has 1 nitrogen and oxygen atoms in total. The third kappa shape index (κ3) is 6.25. The molecule has 0 N–H and O–H groups in total. The number of hydrogen-bond donors (Lipinski definition) is 0. The fourth-order valence-corrected chi connectivity index (χ4v) is 4.60. The van der Waals surface area contributed by atoms with Crippen molar-refractivity contribution in [2.45, 2.75) is 29.2 Å². The van der Waals surface area contributed by atoms with Crippen LogP contribution in [-0.2, 0) is 0 Å². The van der Waals surface area contributed by atoms with Gasteiger partial charge in [-0.2, -0.15) is 0 Å². The van der Waals surface area contributed by atoms with Gasteiger partial charge in [0.25, 0.3) is 0 Å². The molecule has 3 heteroatoms. The highest BCUT2D eigenvalue weighted by atomic mass is 32.2. The van der Waals surface area contributed by atoms with E-state index in [1.165, 1.54) is 16.0 Å². The summed E-state index contributed by atoms with van der Waals surface area (Å²) in [5.74, 6) is 1.13. The molecule has 124 valence electrons. The summed E-state index contributed by atoms with van der Waals surface area (Å²) in [6, 6.07) is 20.0. The van der Waals surface area contributed by atoms with E-state index in [1.54, 1.807) is 0 Å². The Morgan fingerprint density at radius 3 is 2.04 bits per heavy atom. The Labute approximate surface area is 149 Å². The summed E-state index contributed by atoms with van der Waals surface area (Å²) in [5.41, 5.74) is 2.79. The van der Waals surface area contributed by atoms with Crippen molar-refractivity contribution in [1.82, 2.24) is 4.90 Å². The van der Waals surface area contributed by atoms with Gasteiger partial charge in [-0.15, -0.1) is 23.5 Å². The minimum Gasteiger partial charge on any atom is -0.309 e. The summed E-state index contributed by atoms with van der Waals surface area (Å²) < 4.78 is 0. The van der Waals surface area contributed by atoms with Gasteiger partial charge in [-0.1, -0.05) is 56.3 Å². The first-order valence-corrected chi connectivity index (χ1v) is 10.1.